The summed E-state index contributed by atoms with van der Waals surface area (Å²) in [5.41, 5.74) is 20.1. The quantitative estimate of drug-likeness (QED) is 0.169. The van der Waals surface area contributed by atoms with Crippen molar-refractivity contribution in [3.05, 3.63) is 149 Å². The minimum atomic E-state index is -0.961. The lowest BCUT2D eigenvalue weighted by Gasteiger charge is -2.37. The van der Waals surface area contributed by atoms with Gasteiger partial charge in [0, 0.05) is 10.8 Å². The highest BCUT2D eigenvalue weighted by Crippen LogP contribution is 2.52. The number of aryl methyl sites for hydroxylation is 2. The molecular formula is C50H50BO2. The predicted molar refractivity (Wildman–Crippen MR) is 224 cm³/mol. The molecule has 0 saturated heterocycles. The largest absolute Gasteiger partial charge is 0.427 e. The van der Waals surface area contributed by atoms with E-state index in [1.54, 1.807) is 21.3 Å². The van der Waals surface area contributed by atoms with Gasteiger partial charge in [-0.1, -0.05) is 130 Å². The third kappa shape index (κ3) is 5.72. The van der Waals surface area contributed by atoms with E-state index in [1.807, 2.05) is 13.8 Å². The van der Waals surface area contributed by atoms with Crippen LogP contribution in [0.3, 0.4) is 0 Å². The predicted octanol–water partition coefficient (Wildman–Crippen LogP) is 11.7. The van der Waals surface area contributed by atoms with E-state index < -0.39 is 11.2 Å². The lowest BCUT2D eigenvalue weighted by molar-refractivity contribution is -0.0893. The van der Waals surface area contributed by atoms with Gasteiger partial charge in [-0.3, -0.25) is 0 Å². The summed E-state index contributed by atoms with van der Waals surface area (Å²) in [5, 5.41) is 10.5. The second kappa shape index (κ2) is 12.2. The maximum absolute atomic E-state index is 10.5. The molecule has 6 aromatic carbocycles. The summed E-state index contributed by atoms with van der Waals surface area (Å²) in [6.07, 6.45) is 0. The van der Waals surface area contributed by atoms with Crippen LogP contribution in [-0.2, 0) is 15.5 Å². The molecule has 0 aromatic heterocycles. The van der Waals surface area contributed by atoms with Crippen LogP contribution >= 0.6 is 0 Å². The average molecular weight is 694 g/mol. The van der Waals surface area contributed by atoms with Crippen molar-refractivity contribution in [1.82, 2.24) is 0 Å². The first-order chi connectivity index (χ1) is 25.0. The third-order valence-electron chi connectivity index (χ3n) is 12.7. The zero-order chi connectivity index (χ0) is 37.7. The van der Waals surface area contributed by atoms with Gasteiger partial charge in [-0.25, -0.2) is 0 Å². The minimum absolute atomic E-state index is 0.0194. The van der Waals surface area contributed by atoms with Crippen LogP contribution in [-0.4, -0.2) is 23.8 Å². The van der Waals surface area contributed by atoms with Crippen LogP contribution < -0.4 is 5.46 Å². The first-order valence-electron chi connectivity index (χ1n) is 19.0. The van der Waals surface area contributed by atoms with Crippen molar-refractivity contribution < 1.29 is 9.76 Å². The number of aliphatic hydroxyl groups is 1. The van der Waals surface area contributed by atoms with Crippen LogP contribution in [0.5, 0.6) is 0 Å². The number of hydrogen-bond donors (Lipinski definition) is 1. The summed E-state index contributed by atoms with van der Waals surface area (Å²) < 4.78 is 5.98. The fourth-order valence-corrected chi connectivity index (χ4v) is 8.51. The summed E-state index contributed by atoms with van der Waals surface area (Å²) >= 11 is 0. The van der Waals surface area contributed by atoms with Crippen LogP contribution in [0.2, 0.25) is 0 Å². The van der Waals surface area contributed by atoms with E-state index in [0.29, 0.717) is 0 Å². The Morgan fingerprint density at radius 3 is 1.42 bits per heavy atom. The highest BCUT2D eigenvalue weighted by Gasteiger charge is 2.38. The monoisotopic (exact) mass is 693 g/mol. The Morgan fingerprint density at radius 2 is 0.887 bits per heavy atom. The lowest BCUT2D eigenvalue weighted by Crippen LogP contribution is -2.49. The zero-order valence-corrected chi connectivity index (χ0v) is 32.9. The molecule has 0 aliphatic heterocycles. The topological polar surface area (TPSA) is 29.5 Å². The van der Waals surface area contributed by atoms with E-state index in [-0.39, 0.29) is 10.8 Å². The van der Waals surface area contributed by atoms with Crippen molar-refractivity contribution in [2.45, 2.75) is 91.3 Å². The molecule has 0 unspecified atom stereocenters. The molecule has 0 fully saturated rings. The maximum atomic E-state index is 10.5. The van der Waals surface area contributed by atoms with Gasteiger partial charge in [0.15, 0.2) is 0 Å². The van der Waals surface area contributed by atoms with Gasteiger partial charge in [0.1, 0.15) is 0 Å². The Labute approximate surface area is 317 Å². The molecule has 1 radical (unpaired) electrons. The number of hydrogen-bond acceptors (Lipinski definition) is 2. The summed E-state index contributed by atoms with van der Waals surface area (Å²) in [6.45, 7) is 21.2. The molecule has 0 saturated carbocycles. The van der Waals surface area contributed by atoms with Gasteiger partial charge in [0.25, 0.3) is 0 Å². The Kier molecular flexibility index (Phi) is 8.11. The number of rotatable bonds is 7. The first-order valence-corrected chi connectivity index (χ1v) is 19.0. The molecule has 6 aromatic rings. The number of fused-ring (bicyclic) bond motifs is 6. The van der Waals surface area contributed by atoms with Gasteiger partial charge < -0.3 is 9.76 Å². The van der Waals surface area contributed by atoms with Gasteiger partial charge in [0.2, 0.25) is 0 Å². The number of benzene rings is 6. The molecule has 0 bridgehead atoms. The molecule has 53 heavy (non-hydrogen) atoms. The standard InChI is InChI=1S/C50H50BO2/c1-30-26-42(31(2)25-41(30)32-15-20-36(21-16-32)51-53-50(9,10)49(7,8)52)35-19-24-40-39-23-18-34(28-45(39)48(5,6)46(40)29-35)33-17-22-38-37-13-11-12-14-43(37)47(3,4)44(38)27-33/h11-29,52H,1-10H3. The lowest BCUT2D eigenvalue weighted by atomic mass is 9.79. The van der Waals surface area contributed by atoms with Crippen LogP contribution in [0.1, 0.15) is 88.8 Å². The van der Waals surface area contributed by atoms with Gasteiger partial charge in [-0.15, -0.1) is 0 Å². The smallest absolute Gasteiger partial charge is 0.330 e. The molecular weight excluding hydrogens is 643 g/mol. The van der Waals surface area contributed by atoms with Crippen molar-refractivity contribution in [3.8, 4) is 55.6 Å². The van der Waals surface area contributed by atoms with Crippen LogP contribution in [0.25, 0.3) is 55.6 Å². The maximum Gasteiger partial charge on any atom is 0.330 e. The normalized spacial score (nSPS) is 15.1. The van der Waals surface area contributed by atoms with E-state index in [9.17, 15) is 5.11 Å². The Balaban J connectivity index is 1.07. The van der Waals surface area contributed by atoms with E-state index in [2.05, 4.69) is 157 Å². The SMILES string of the molecule is Cc1cc(-c2ccc3c(c2)C(C)(C)c2cc(-c4ccc5c(c4)C(C)(C)c4ccccc4-5)ccc2-3)c(C)cc1-c1ccc([B]OC(C)(C)C(C)(C)O)cc1. The van der Waals surface area contributed by atoms with Crippen molar-refractivity contribution in [1.29, 1.82) is 0 Å². The summed E-state index contributed by atoms with van der Waals surface area (Å²) in [5.74, 6) is 0. The first kappa shape index (κ1) is 35.3. The zero-order valence-electron chi connectivity index (χ0n) is 32.9. The van der Waals surface area contributed by atoms with Crippen LogP contribution in [0.15, 0.2) is 115 Å². The van der Waals surface area contributed by atoms with Crippen molar-refractivity contribution in [2.75, 3.05) is 0 Å². The van der Waals surface area contributed by atoms with Gasteiger partial charge >= 0.3 is 7.48 Å². The van der Waals surface area contributed by atoms with E-state index in [0.717, 1.165) is 5.46 Å². The van der Waals surface area contributed by atoms with Crippen molar-refractivity contribution in [2.24, 2.45) is 0 Å². The fourth-order valence-electron chi connectivity index (χ4n) is 8.51. The van der Waals surface area contributed by atoms with Crippen molar-refractivity contribution >= 4 is 12.9 Å². The molecule has 0 heterocycles. The van der Waals surface area contributed by atoms with Gasteiger partial charge in [0.05, 0.1) is 11.2 Å². The molecule has 3 heteroatoms. The summed E-state index contributed by atoms with van der Waals surface area (Å²) in [6, 6.07) is 43.3. The van der Waals surface area contributed by atoms with E-state index in [4.69, 9.17) is 4.65 Å². The molecule has 8 rings (SSSR count). The molecule has 2 aliphatic rings. The Hall–Kier alpha value is -4.70. The Bertz CT molecular complexity index is 2420. The second-order valence-corrected chi connectivity index (χ2v) is 17.5. The molecule has 2 nitrogen and oxygen atoms in total. The third-order valence-corrected chi connectivity index (χ3v) is 12.7. The molecule has 1 N–H and O–H groups in total. The highest BCUT2D eigenvalue weighted by atomic mass is 16.5. The molecule has 0 atom stereocenters. The molecule has 0 spiro atoms. The van der Waals surface area contributed by atoms with Crippen LogP contribution in [0.4, 0.5) is 0 Å². The molecule has 2 aliphatic carbocycles. The van der Waals surface area contributed by atoms with Gasteiger partial charge in [-0.05, 0) is 149 Å². The summed E-state index contributed by atoms with van der Waals surface area (Å²) in [7, 11) is 1.74. The highest BCUT2D eigenvalue weighted by molar-refractivity contribution is 6.47. The minimum Gasteiger partial charge on any atom is -0.427 e. The molecule has 265 valence electrons. The Morgan fingerprint density at radius 1 is 0.472 bits per heavy atom. The fraction of sp³-hybridized carbons (Fsp3) is 0.280. The summed E-state index contributed by atoms with van der Waals surface area (Å²) in [4.78, 5) is 0. The van der Waals surface area contributed by atoms with Crippen LogP contribution in [0, 0.1) is 13.8 Å². The van der Waals surface area contributed by atoms with E-state index >= 15 is 0 Å². The van der Waals surface area contributed by atoms with E-state index in [1.165, 1.54) is 89.0 Å². The molecule has 0 amide bonds. The van der Waals surface area contributed by atoms with Gasteiger partial charge in [-0.2, -0.15) is 0 Å². The average Bonchev–Trinajstić information content (AvgIpc) is 3.50. The second-order valence-electron chi connectivity index (χ2n) is 17.5. The van der Waals surface area contributed by atoms with Crippen molar-refractivity contribution in [3.63, 3.8) is 0 Å².